The van der Waals surface area contributed by atoms with Gasteiger partial charge in [-0.05, 0) is 26.3 Å². The zero-order valence-corrected chi connectivity index (χ0v) is 12.7. The molecular weight excluding hydrogens is 266 g/mol. The maximum atomic E-state index is 11.9. The van der Waals surface area contributed by atoms with E-state index in [1.54, 1.807) is 20.8 Å². The standard InChI is InChI=1S/C17H21NO3/c1-17(2,3)21-16(20)18-12-14(11-15(18)19)10-9-13-7-5-4-6-8-13/h4-10,14H,11-12H2,1-3H3/b10-9+/t14-/m0/s1. The van der Waals surface area contributed by atoms with Gasteiger partial charge in [-0.25, -0.2) is 9.69 Å². The first-order valence-corrected chi connectivity index (χ1v) is 7.12. The molecule has 1 aliphatic rings. The number of benzene rings is 1. The van der Waals surface area contributed by atoms with E-state index in [0.717, 1.165) is 5.56 Å². The Balaban J connectivity index is 1.96. The first kappa shape index (κ1) is 15.3. The van der Waals surface area contributed by atoms with Gasteiger partial charge in [-0.1, -0.05) is 42.5 Å². The Kier molecular flexibility index (Phi) is 4.46. The van der Waals surface area contributed by atoms with Crippen molar-refractivity contribution in [1.29, 1.82) is 0 Å². The average molecular weight is 287 g/mol. The first-order valence-electron chi connectivity index (χ1n) is 7.12. The fourth-order valence-electron chi connectivity index (χ4n) is 2.17. The molecule has 112 valence electrons. The number of amides is 2. The Morgan fingerprint density at radius 1 is 1.29 bits per heavy atom. The van der Waals surface area contributed by atoms with Crippen LogP contribution < -0.4 is 0 Å². The molecule has 0 bridgehead atoms. The predicted molar refractivity (Wildman–Crippen MR) is 81.5 cm³/mol. The van der Waals surface area contributed by atoms with E-state index in [1.165, 1.54) is 4.90 Å². The topological polar surface area (TPSA) is 46.6 Å². The van der Waals surface area contributed by atoms with Crippen LogP contribution in [0, 0.1) is 5.92 Å². The number of likely N-dealkylation sites (tertiary alicyclic amines) is 1. The molecule has 0 saturated carbocycles. The summed E-state index contributed by atoms with van der Waals surface area (Å²) in [5, 5.41) is 0. The van der Waals surface area contributed by atoms with Crippen LogP contribution in [0.3, 0.4) is 0 Å². The summed E-state index contributed by atoms with van der Waals surface area (Å²) in [5.74, 6) is -0.128. The molecule has 0 N–H and O–H groups in total. The monoisotopic (exact) mass is 287 g/mol. The number of nitrogens with zero attached hydrogens (tertiary/aromatic N) is 1. The average Bonchev–Trinajstić information content (AvgIpc) is 2.77. The van der Waals surface area contributed by atoms with Gasteiger partial charge in [0.2, 0.25) is 5.91 Å². The van der Waals surface area contributed by atoms with E-state index in [2.05, 4.69) is 0 Å². The summed E-state index contributed by atoms with van der Waals surface area (Å²) in [4.78, 5) is 25.1. The van der Waals surface area contributed by atoms with Gasteiger partial charge in [0.15, 0.2) is 0 Å². The summed E-state index contributed by atoms with van der Waals surface area (Å²) in [7, 11) is 0. The molecule has 4 nitrogen and oxygen atoms in total. The lowest BCUT2D eigenvalue weighted by atomic mass is 10.1. The summed E-state index contributed by atoms with van der Waals surface area (Å²) in [6, 6.07) is 9.89. The van der Waals surface area contributed by atoms with E-state index in [1.807, 2.05) is 42.5 Å². The van der Waals surface area contributed by atoms with Crippen molar-refractivity contribution in [3.8, 4) is 0 Å². The molecule has 1 aromatic carbocycles. The van der Waals surface area contributed by atoms with Gasteiger partial charge >= 0.3 is 6.09 Å². The zero-order valence-electron chi connectivity index (χ0n) is 12.7. The van der Waals surface area contributed by atoms with Crippen molar-refractivity contribution in [3.05, 3.63) is 42.0 Å². The Morgan fingerprint density at radius 2 is 1.95 bits per heavy atom. The Morgan fingerprint density at radius 3 is 2.57 bits per heavy atom. The molecule has 1 aliphatic heterocycles. The van der Waals surface area contributed by atoms with Gasteiger partial charge in [-0.3, -0.25) is 4.79 Å². The molecule has 0 radical (unpaired) electrons. The molecule has 1 fully saturated rings. The SMILES string of the molecule is CC(C)(C)OC(=O)N1C[C@@H](/C=C/c2ccccc2)CC1=O. The molecule has 1 aromatic rings. The van der Waals surface area contributed by atoms with Crippen LogP contribution in [0.4, 0.5) is 4.79 Å². The molecule has 21 heavy (non-hydrogen) atoms. The summed E-state index contributed by atoms with van der Waals surface area (Å²) in [6.07, 6.45) is 3.76. The van der Waals surface area contributed by atoms with Crippen molar-refractivity contribution in [2.45, 2.75) is 32.8 Å². The minimum atomic E-state index is -0.588. The predicted octanol–water partition coefficient (Wildman–Crippen LogP) is 3.48. The van der Waals surface area contributed by atoms with Gasteiger partial charge in [0.05, 0.1) is 0 Å². The fourth-order valence-corrected chi connectivity index (χ4v) is 2.17. The highest BCUT2D eigenvalue weighted by Crippen LogP contribution is 2.22. The van der Waals surface area contributed by atoms with Crippen molar-refractivity contribution in [3.63, 3.8) is 0 Å². The van der Waals surface area contributed by atoms with E-state index < -0.39 is 11.7 Å². The second-order valence-electron chi connectivity index (χ2n) is 6.22. The van der Waals surface area contributed by atoms with E-state index >= 15 is 0 Å². The van der Waals surface area contributed by atoms with E-state index in [0.29, 0.717) is 13.0 Å². The van der Waals surface area contributed by atoms with Crippen molar-refractivity contribution in [1.82, 2.24) is 4.90 Å². The molecule has 1 saturated heterocycles. The molecular formula is C17H21NO3. The molecule has 0 spiro atoms. The van der Waals surface area contributed by atoms with Crippen LogP contribution >= 0.6 is 0 Å². The molecule has 4 heteroatoms. The van der Waals surface area contributed by atoms with Gasteiger partial charge in [0.25, 0.3) is 0 Å². The van der Waals surface area contributed by atoms with E-state index in [9.17, 15) is 9.59 Å². The van der Waals surface area contributed by atoms with Crippen LogP contribution in [0.5, 0.6) is 0 Å². The molecule has 2 rings (SSSR count). The van der Waals surface area contributed by atoms with Gasteiger partial charge in [-0.2, -0.15) is 0 Å². The van der Waals surface area contributed by atoms with Gasteiger partial charge in [-0.15, -0.1) is 0 Å². The third-order valence-electron chi connectivity index (χ3n) is 3.13. The number of carbonyl (C=O) groups excluding carboxylic acids is 2. The second-order valence-corrected chi connectivity index (χ2v) is 6.22. The lowest BCUT2D eigenvalue weighted by Gasteiger charge is -2.23. The summed E-state index contributed by atoms with van der Waals surface area (Å²) < 4.78 is 5.25. The largest absolute Gasteiger partial charge is 0.443 e. The van der Waals surface area contributed by atoms with Crippen LogP contribution in [0.1, 0.15) is 32.8 Å². The number of hydrogen-bond acceptors (Lipinski definition) is 3. The van der Waals surface area contributed by atoms with Gasteiger partial charge in [0, 0.05) is 18.9 Å². The molecule has 0 aliphatic carbocycles. The van der Waals surface area contributed by atoms with Crippen LogP contribution in [0.2, 0.25) is 0 Å². The maximum absolute atomic E-state index is 11.9. The summed E-state index contributed by atoms with van der Waals surface area (Å²) in [5.41, 5.74) is 0.496. The lowest BCUT2D eigenvalue weighted by molar-refractivity contribution is -0.127. The van der Waals surface area contributed by atoms with Crippen LogP contribution in [-0.2, 0) is 9.53 Å². The highest BCUT2D eigenvalue weighted by Gasteiger charge is 2.35. The zero-order chi connectivity index (χ0) is 15.5. The minimum absolute atomic E-state index is 0.0465. The van der Waals surface area contributed by atoms with Crippen LogP contribution in [0.15, 0.2) is 36.4 Å². The van der Waals surface area contributed by atoms with Gasteiger partial charge < -0.3 is 4.74 Å². The van der Waals surface area contributed by atoms with Crippen molar-refractivity contribution >= 4 is 18.1 Å². The minimum Gasteiger partial charge on any atom is -0.443 e. The molecule has 1 atom stereocenters. The van der Waals surface area contributed by atoms with E-state index in [-0.39, 0.29) is 11.8 Å². The number of imide groups is 1. The van der Waals surface area contributed by atoms with Crippen molar-refractivity contribution in [2.75, 3.05) is 6.54 Å². The lowest BCUT2D eigenvalue weighted by Crippen LogP contribution is -2.37. The molecule has 2 amide bonds. The smallest absolute Gasteiger partial charge is 0.417 e. The quantitative estimate of drug-likeness (QED) is 0.836. The van der Waals surface area contributed by atoms with E-state index in [4.69, 9.17) is 4.74 Å². The molecule has 0 unspecified atom stereocenters. The summed E-state index contributed by atoms with van der Waals surface area (Å²) in [6.45, 7) is 5.76. The van der Waals surface area contributed by atoms with Crippen molar-refractivity contribution in [2.24, 2.45) is 5.92 Å². The highest BCUT2D eigenvalue weighted by molar-refractivity contribution is 5.94. The highest BCUT2D eigenvalue weighted by atomic mass is 16.6. The fraction of sp³-hybridized carbons (Fsp3) is 0.412. The van der Waals surface area contributed by atoms with Crippen LogP contribution in [0.25, 0.3) is 6.08 Å². The number of carbonyl (C=O) groups is 2. The molecule has 1 heterocycles. The molecule has 0 aromatic heterocycles. The number of hydrogen-bond donors (Lipinski definition) is 0. The maximum Gasteiger partial charge on any atom is 0.417 e. The van der Waals surface area contributed by atoms with Gasteiger partial charge in [0.1, 0.15) is 5.60 Å². The Bertz CT molecular complexity index is 543. The summed E-state index contributed by atoms with van der Waals surface area (Å²) >= 11 is 0. The first-order chi connectivity index (χ1) is 9.85. The second kappa shape index (κ2) is 6.12. The third-order valence-corrected chi connectivity index (χ3v) is 3.13. The number of ether oxygens (including phenoxy) is 1. The Hall–Kier alpha value is -2.10. The number of rotatable bonds is 2. The van der Waals surface area contributed by atoms with Crippen LogP contribution in [-0.4, -0.2) is 29.0 Å². The third kappa shape index (κ3) is 4.45. The van der Waals surface area contributed by atoms with Crippen molar-refractivity contribution < 1.29 is 14.3 Å². The Labute approximate surface area is 125 Å². The normalized spacial score (nSPS) is 19.3.